The lowest BCUT2D eigenvalue weighted by Gasteiger charge is -2.26. The van der Waals surface area contributed by atoms with Crippen molar-refractivity contribution in [3.8, 4) is 0 Å². The molecule has 25 heavy (non-hydrogen) atoms. The van der Waals surface area contributed by atoms with Gasteiger partial charge in [-0.3, -0.25) is 4.79 Å². The Morgan fingerprint density at radius 1 is 1.36 bits per heavy atom. The number of rotatable bonds is 6. The fraction of sp³-hybridized carbons (Fsp3) is 0.450. The van der Waals surface area contributed by atoms with E-state index in [-0.39, 0.29) is 11.9 Å². The highest BCUT2D eigenvalue weighted by atomic mass is 16.4. The zero-order valence-corrected chi connectivity index (χ0v) is 14.9. The molecular weight excluding hydrogens is 316 g/mol. The van der Waals surface area contributed by atoms with Crippen molar-refractivity contribution in [3.63, 3.8) is 0 Å². The molecule has 0 radical (unpaired) electrons. The first-order valence-electron chi connectivity index (χ1n) is 8.80. The number of hydrogen-bond donors (Lipinski definition) is 1. The van der Waals surface area contributed by atoms with Crippen LogP contribution >= 0.6 is 0 Å². The van der Waals surface area contributed by atoms with E-state index in [9.17, 15) is 9.90 Å². The van der Waals surface area contributed by atoms with Gasteiger partial charge >= 0.3 is 0 Å². The zero-order valence-electron chi connectivity index (χ0n) is 14.9. The third-order valence-electron chi connectivity index (χ3n) is 4.68. The summed E-state index contributed by atoms with van der Waals surface area (Å²) in [5.74, 6) is 0.613. The van der Waals surface area contributed by atoms with Gasteiger partial charge in [-0.1, -0.05) is 12.1 Å². The van der Waals surface area contributed by atoms with Gasteiger partial charge < -0.3 is 19.3 Å². The van der Waals surface area contributed by atoms with Gasteiger partial charge in [-0.15, -0.1) is 0 Å². The Labute approximate surface area is 148 Å². The first-order chi connectivity index (χ1) is 12.0. The van der Waals surface area contributed by atoms with Gasteiger partial charge in [-0.25, -0.2) is 0 Å². The molecule has 1 aromatic carbocycles. The molecule has 1 fully saturated rings. The lowest BCUT2D eigenvalue weighted by molar-refractivity contribution is 0.0641. The molecule has 5 nitrogen and oxygen atoms in total. The molecule has 1 aromatic heterocycles. The molecule has 2 atom stereocenters. The van der Waals surface area contributed by atoms with Crippen molar-refractivity contribution in [2.75, 3.05) is 20.6 Å². The maximum absolute atomic E-state index is 13.0. The Bertz CT molecular complexity index is 697. The molecule has 2 unspecified atom stereocenters. The molecule has 1 aliphatic heterocycles. The van der Waals surface area contributed by atoms with Gasteiger partial charge in [0.25, 0.3) is 5.91 Å². The maximum Gasteiger partial charge on any atom is 0.254 e. The van der Waals surface area contributed by atoms with Crippen molar-refractivity contribution < 1.29 is 14.3 Å². The Hall–Kier alpha value is -2.11. The minimum atomic E-state index is -0.673. The summed E-state index contributed by atoms with van der Waals surface area (Å²) in [6.07, 6.45) is 3.29. The number of furan rings is 1. The van der Waals surface area contributed by atoms with Crippen LogP contribution in [0.1, 0.15) is 47.0 Å². The molecule has 5 heteroatoms. The van der Waals surface area contributed by atoms with Crippen molar-refractivity contribution in [1.29, 1.82) is 0 Å². The van der Waals surface area contributed by atoms with Crippen molar-refractivity contribution in [3.05, 3.63) is 59.5 Å². The molecule has 1 amide bonds. The fourth-order valence-corrected chi connectivity index (χ4v) is 3.54. The Kier molecular flexibility index (Phi) is 5.56. The Balaban J connectivity index is 1.70. The van der Waals surface area contributed by atoms with Crippen LogP contribution in [0, 0.1) is 0 Å². The smallest absolute Gasteiger partial charge is 0.254 e. The number of carbonyl (C=O) groups is 1. The molecule has 0 bridgehead atoms. The number of nitrogens with zero attached hydrogens (tertiary/aromatic N) is 2. The highest BCUT2D eigenvalue weighted by Gasteiger charge is 2.31. The molecule has 0 saturated carbocycles. The van der Waals surface area contributed by atoms with Crippen LogP contribution in [0.2, 0.25) is 0 Å². The van der Waals surface area contributed by atoms with E-state index in [4.69, 9.17) is 4.42 Å². The minimum Gasteiger partial charge on any atom is -0.467 e. The number of benzene rings is 1. The van der Waals surface area contributed by atoms with Crippen LogP contribution in [0.3, 0.4) is 0 Å². The van der Waals surface area contributed by atoms with Crippen LogP contribution in [0.4, 0.5) is 0 Å². The van der Waals surface area contributed by atoms with Gasteiger partial charge in [0.15, 0.2) is 0 Å². The van der Waals surface area contributed by atoms with Crippen LogP contribution < -0.4 is 0 Å². The molecule has 1 saturated heterocycles. The third kappa shape index (κ3) is 4.30. The Morgan fingerprint density at radius 3 is 2.92 bits per heavy atom. The molecule has 1 aliphatic rings. The summed E-state index contributed by atoms with van der Waals surface area (Å²) in [4.78, 5) is 17.0. The van der Waals surface area contributed by atoms with Crippen molar-refractivity contribution >= 4 is 5.91 Å². The van der Waals surface area contributed by atoms with Crippen LogP contribution in [0.5, 0.6) is 0 Å². The van der Waals surface area contributed by atoms with E-state index in [1.807, 2.05) is 43.3 Å². The first kappa shape index (κ1) is 17.7. The summed E-state index contributed by atoms with van der Waals surface area (Å²) in [5, 5.41) is 10.3. The maximum atomic E-state index is 13.0. The number of amides is 1. The number of carbonyl (C=O) groups excluding carboxylic acids is 1. The first-order valence-corrected chi connectivity index (χ1v) is 8.80. The van der Waals surface area contributed by atoms with E-state index in [1.54, 1.807) is 18.4 Å². The predicted molar refractivity (Wildman–Crippen MR) is 96.2 cm³/mol. The average molecular weight is 342 g/mol. The number of aliphatic hydroxyl groups is 1. The van der Waals surface area contributed by atoms with E-state index < -0.39 is 6.10 Å². The van der Waals surface area contributed by atoms with Gasteiger partial charge in [0.1, 0.15) is 11.9 Å². The number of hydrogen-bond acceptors (Lipinski definition) is 4. The third-order valence-corrected chi connectivity index (χ3v) is 4.68. The molecule has 0 spiro atoms. The largest absolute Gasteiger partial charge is 0.467 e. The summed E-state index contributed by atoms with van der Waals surface area (Å²) in [7, 11) is 4.03. The van der Waals surface area contributed by atoms with Crippen LogP contribution in [0.15, 0.2) is 47.1 Å². The summed E-state index contributed by atoms with van der Waals surface area (Å²) >= 11 is 0. The van der Waals surface area contributed by atoms with Crippen LogP contribution in [0.25, 0.3) is 0 Å². The standard InChI is InChI=1S/C20H26N2O3/c1-21(2)14-15-6-3-7-16(12-15)20(24)22-10-4-8-17(22)13-18(23)19-9-5-11-25-19/h3,5-7,9,11-12,17-18,23H,4,8,10,13-14H2,1-2H3. The van der Waals surface area contributed by atoms with Gasteiger partial charge in [0, 0.05) is 31.1 Å². The topological polar surface area (TPSA) is 56.9 Å². The molecular formula is C20H26N2O3. The van der Waals surface area contributed by atoms with Crippen LogP contribution in [-0.4, -0.2) is 47.5 Å². The van der Waals surface area contributed by atoms with Gasteiger partial charge in [0.2, 0.25) is 0 Å². The second-order valence-electron chi connectivity index (χ2n) is 7.00. The van der Waals surface area contributed by atoms with Crippen molar-refractivity contribution in [1.82, 2.24) is 9.80 Å². The van der Waals surface area contributed by atoms with E-state index in [2.05, 4.69) is 4.90 Å². The summed E-state index contributed by atoms with van der Waals surface area (Å²) < 4.78 is 5.28. The van der Waals surface area contributed by atoms with Crippen molar-refractivity contribution in [2.45, 2.75) is 38.0 Å². The fourth-order valence-electron chi connectivity index (χ4n) is 3.54. The summed E-state index contributed by atoms with van der Waals surface area (Å²) in [5.41, 5.74) is 1.85. The molecule has 0 aliphatic carbocycles. The minimum absolute atomic E-state index is 0.0464. The highest BCUT2D eigenvalue weighted by molar-refractivity contribution is 5.94. The van der Waals surface area contributed by atoms with E-state index in [1.165, 1.54) is 0 Å². The van der Waals surface area contributed by atoms with Crippen LogP contribution in [-0.2, 0) is 6.54 Å². The average Bonchev–Trinajstić information content (AvgIpc) is 3.25. The van der Waals surface area contributed by atoms with Crippen molar-refractivity contribution in [2.24, 2.45) is 0 Å². The molecule has 134 valence electrons. The second-order valence-corrected chi connectivity index (χ2v) is 7.00. The van der Waals surface area contributed by atoms with Gasteiger partial charge in [-0.2, -0.15) is 0 Å². The number of likely N-dealkylation sites (tertiary alicyclic amines) is 1. The van der Waals surface area contributed by atoms with E-state index in [0.29, 0.717) is 12.2 Å². The van der Waals surface area contributed by atoms with E-state index >= 15 is 0 Å². The quantitative estimate of drug-likeness (QED) is 0.876. The molecule has 2 heterocycles. The second kappa shape index (κ2) is 7.85. The number of aliphatic hydroxyl groups excluding tert-OH is 1. The molecule has 1 N–H and O–H groups in total. The van der Waals surface area contributed by atoms with Gasteiger partial charge in [-0.05, 0) is 56.8 Å². The highest BCUT2D eigenvalue weighted by Crippen LogP contribution is 2.29. The Morgan fingerprint density at radius 2 is 2.20 bits per heavy atom. The van der Waals surface area contributed by atoms with E-state index in [0.717, 1.165) is 37.1 Å². The lowest BCUT2D eigenvalue weighted by Crippen LogP contribution is -2.36. The molecule has 2 aromatic rings. The lowest BCUT2D eigenvalue weighted by atomic mass is 10.0. The SMILES string of the molecule is CN(C)Cc1cccc(C(=O)N2CCCC2CC(O)c2ccco2)c1. The van der Waals surface area contributed by atoms with Gasteiger partial charge in [0.05, 0.1) is 6.26 Å². The summed E-state index contributed by atoms with van der Waals surface area (Å²) in [6, 6.07) is 11.4. The summed E-state index contributed by atoms with van der Waals surface area (Å²) in [6.45, 7) is 1.55. The zero-order chi connectivity index (χ0) is 17.8. The molecule has 3 rings (SSSR count). The monoisotopic (exact) mass is 342 g/mol. The normalized spacial score (nSPS) is 18.7. The predicted octanol–water partition coefficient (Wildman–Crippen LogP) is 3.07.